The molecule has 0 aromatic carbocycles. The molecule has 1 amide bonds. The van der Waals surface area contributed by atoms with Crippen molar-refractivity contribution in [2.24, 2.45) is 0 Å². The first-order valence-corrected chi connectivity index (χ1v) is 3.79. The van der Waals surface area contributed by atoms with Crippen LogP contribution in [0.3, 0.4) is 0 Å². The van der Waals surface area contributed by atoms with Crippen LogP contribution in [-0.4, -0.2) is 30.1 Å². The first-order valence-electron chi connectivity index (χ1n) is 3.79. The van der Waals surface area contributed by atoms with Gasteiger partial charge in [-0.05, 0) is 0 Å². The van der Waals surface area contributed by atoms with E-state index in [2.05, 4.69) is 9.68 Å². The fraction of sp³-hybridized carbons (Fsp3) is 0.429. The number of amides is 1. The average Bonchev–Trinajstić information content (AvgIpc) is 2.44. The lowest BCUT2D eigenvalue weighted by Crippen LogP contribution is -2.23. The molecule has 1 heterocycles. The number of hydrogen-bond donors (Lipinski definition) is 1. The summed E-state index contributed by atoms with van der Waals surface area (Å²) >= 11 is 0. The van der Waals surface area contributed by atoms with Gasteiger partial charge in [0.25, 0.3) is 11.7 Å². The minimum Gasteiger partial charge on any atom is -0.394 e. The van der Waals surface area contributed by atoms with Gasteiger partial charge in [-0.2, -0.15) is 13.2 Å². The number of rotatable bonds is 1. The molecule has 5 nitrogen and oxygen atoms in total. The van der Waals surface area contributed by atoms with Crippen LogP contribution in [0.1, 0.15) is 16.2 Å². The highest BCUT2D eigenvalue weighted by Crippen LogP contribution is 2.35. The number of alkyl halides is 3. The highest BCUT2D eigenvalue weighted by molar-refractivity contribution is 5.97. The molecule has 0 aliphatic heterocycles. The van der Waals surface area contributed by atoms with Crippen LogP contribution in [-0.2, 0) is 6.18 Å². The molecule has 15 heavy (non-hydrogen) atoms. The third-order valence-electron chi connectivity index (χ3n) is 1.59. The summed E-state index contributed by atoms with van der Waals surface area (Å²) in [6.07, 6.45) is -4.75. The van der Waals surface area contributed by atoms with Crippen molar-refractivity contribution in [3.8, 4) is 0 Å². The molecule has 0 atom stereocenters. The maximum absolute atomic E-state index is 12.2. The molecule has 8 heteroatoms. The van der Waals surface area contributed by atoms with Gasteiger partial charge in [-0.25, -0.2) is 0 Å². The first kappa shape index (κ1) is 11.3. The Labute approximate surface area is 82.6 Å². The van der Waals surface area contributed by atoms with E-state index >= 15 is 0 Å². The molecule has 84 valence electrons. The van der Waals surface area contributed by atoms with Crippen molar-refractivity contribution in [3.05, 3.63) is 11.5 Å². The molecule has 0 radical (unpaired) electrons. The third kappa shape index (κ3) is 2.03. The van der Waals surface area contributed by atoms with E-state index in [4.69, 9.17) is 5.73 Å². The molecule has 2 N–H and O–H groups in total. The quantitative estimate of drug-likeness (QED) is 0.770. The fourth-order valence-corrected chi connectivity index (χ4v) is 0.868. The van der Waals surface area contributed by atoms with E-state index in [9.17, 15) is 18.0 Å². The molecule has 1 aromatic rings. The number of aromatic nitrogens is 1. The van der Waals surface area contributed by atoms with Crippen molar-refractivity contribution in [1.29, 1.82) is 0 Å². The number of anilines is 1. The Hall–Kier alpha value is -1.73. The zero-order chi connectivity index (χ0) is 11.8. The van der Waals surface area contributed by atoms with Gasteiger partial charge in [0.1, 0.15) is 5.69 Å². The fourth-order valence-electron chi connectivity index (χ4n) is 0.868. The van der Waals surface area contributed by atoms with Gasteiger partial charge in [-0.15, -0.1) is 0 Å². The predicted octanol–water partition coefficient (Wildman–Crippen LogP) is 0.977. The second kappa shape index (κ2) is 3.44. The number of nitrogen functional groups attached to an aromatic ring is 1. The molecule has 0 spiro atoms. The molecule has 0 bridgehead atoms. The Morgan fingerprint density at radius 3 is 2.33 bits per heavy atom. The monoisotopic (exact) mass is 223 g/mol. The van der Waals surface area contributed by atoms with Crippen molar-refractivity contribution in [3.63, 3.8) is 0 Å². The minimum absolute atomic E-state index is 0.535. The Kier molecular flexibility index (Phi) is 2.61. The lowest BCUT2D eigenvalue weighted by Gasteiger charge is -2.07. The van der Waals surface area contributed by atoms with Crippen LogP contribution >= 0.6 is 0 Å². The summed E-state index contributed by atoms with van der Waals surface area (Å²) in [5.74, 6) is -2.19. The van der Waals surface area contributed by atoms with E-state index in [1.807, 2.05) is 0 Å². The van der Waals surface area contributed by atoms with Crippen LogP contribution < -0.4 is 5.73 Å². The third-order valence-corrected chi connectivity index (χ3v) is 1.59. The van der Waals surface area contributed by atoms with Crippen LogP contribution in [0, 0.1) is 0 Å². The summed E-state index contributed by atoms with van der Waals surface area (Å²) < 4.78 is 40.5. The highest BCUT2D eigenvalue weighted by Gasteiger charge is 2.40. The molecule has 0 unspecified atom stereocenters. The van der Waals surface area contributed by atoms with E-state index in [1.165, 1.54) is 14.1 Å². The Morgan fingerprint density at radius 2 is 2.00 bits per heavy atom. The maximum atomic E-state index is 12.2. The van der Waals surface area contributed by atoms with E-state index < -0.39 is 29.2 Å². The topological polar surface area (TPSA) is 72.4 Å². The summed E-state index contributed by atoms with van der Waals surface area (Å²) in [6.45, 7) is 0. The van der Waals surface area contributed by atoms with Gasteiger partial charge < -0.3 is 15.2 Å². The van der Waals surface area contributed by atoms with Crippen LogP contribution in [0.5, 0.6) is 0 Å². The molecule has 0 aliphatic rings. The SMILES string of the molecule is CN(C)C(=O)c1noc(C(F)(F)F)c1N. The van der Waals surface area contributed by atoms with Gasteiger partial charge in [0.2, 0.25) is 0 Å². The standard InChI is InChI=1S/C7H8F3N3O2/c1-13(2)6(14)4-3(11)5(15-12-4)7(8,9)10/h11H2,1-2H3. The maximum Gasteiger partial charge on any atom is 0.454 e. The number of nitrogens with two attached hydrogens (primary N) is 1. The first-order chi connectivity index (χ1) is 6.75. The normalized spacial score (nSPS) is 11.5. The highest BCUT2D eigenvalue weighted by atomic mass is 19.4. The van der Waals surface area contributed by atoms with Gasteiger partial charge >= 0.3 is 6.18 Å². The van der Waals surface area contributed by atoms with Crippen molar-refractivity contribution in [1.82, 2.24) is 10.1 Å². The number of nitrogens with zero attached hydrogens (tertiary/aromatic N) is 2. The summed E-state index contributed by atoms with van der Waals surface area (Å²) in [4.78, 5) is 12.3. The van der Waals surface area contributed by atoms with Gasteiger partial charge in [0.05, 0.1) is 0 Å². The number of halogens is 3. The van der Waals surface area contributed by atoms with Crippen molar-refractivity contribution < 1.29 is 22.5 Å². The second-order valence-corrected chi connectivity index (χ2v) is 2.97. The van der Waals surface area contributed by atoms with Gasteiger partial charge in [-0.1, -0.05) is 5.16 Å². The van der Waals surface area contributed by atoms with Crippen molar-refractivity contribution in [2.75, 3.05) is 19.8 Å². The summed E-state index contributed by atoms with van der Waals surface area (Å²) in [5.41, 5.74) is 3.78. The van der Waals surface area contributed by atoms with Gasteiger partial charge in [0, 0.05) is 14.1 Å². The Morgan fingerprint density at radius 1 is 1.47 bits per heavy atom. The summed E-state index contributed by atoms with van der Waals surface area (Å²) in [5, 5.41) is 2.99. The predicted molar refractivity (Wildman–Crippen MR) is 43.9 cm³/mol. The largest absolute Gasteiger partial charge is 0.454 e. The lowest BCUT2D eigenvalue weighted by molar-refractivity contribution is -0.154. The van der Waals surface area contributed by atoms with Crippen LogP contribution in [0.2, 0.25) is 0 Å². The van der Waals surface area contributed by atoms with Gasteiger partial charge in [-0.3, -0.25) is 4.79 Å². The average molecular weight is 223 g/mol. The number of carbonyl (C=O) groups is 1. The van der Waals surface area contributed by atoms with E-state index in [0.717, 1.165) is 4.90 Å². The zero-order valence-electron chi connectivity index (χ0n) is 7.92. The summed E-state index contributed by atoms with van der Waals surface area (Å²) in [6, 6.07) is 0. The van der Waals surface area contributed by atoms with Crippen LogP contribution in [0.4, 0.5) is 18.9 Å². The Bertz CT molecular complexity index is 383. The molecule has 1 aromatic heterocycles. The molecular weight excluding hydrogens is 215 g/mol. The van der Waals surface area contributed by atoms with Gasteiger partial charge in [0.15, 0.2) is 5.69 Å². The van der Waals surface area contributed by atoms with E-state index in [1.54, 1.807) is 0 Å². The zero-order valence-corrected chi connectivity index (χ0v) is 7.92. The van der Waals surface area contributed by atoms with Crippen molar-refractivity contribution >= 4 is 11.6 Å². The molecule has 0 fully saturated rings. The van der Waals surface area contributed by atoms with Crippen LogP contribution in [0.15, 0.2) is 4.52 Å². The molecule has 1 rings (SSSR count). The second-order valence-electron chi connectivity index (χ2n) is 2.97. The molecule has 0 saturated heterocycles. The molecule has 0 saturated carbocycles. The molecule has 0 aliphatic carbocycles. The lowest BCUT2D eigenvalue weighted by atomic mass is 10.3. The van der Waals surface area contributed by atoms with E-state index in [0.29, 0.717) is 0 Å². The minimum atomic E-state index is -4.75. The van der Waals surface area contributed by atoms with E-state index in [-0.39, 0.29) is 0 Å². The smallest absolute Gasteiger partial charge is 0.394 e. The van der Waals surface area contributed by atoms with Crippen molar-refractivity contribution in [2.45, 2.75) is 6.18 Å². The summed E-state index contributed by atoms with van der Waals surface area (Å²) in [7, 11) is 2.73. The Balaban J connectivity index is 3.16. The van der Waals surface area contributed by atoms with Crippen LogP contribution in [0.25, 0.3) is 0 Å². The number of carbonyl (C=O) groups excluding carboxylic acids is 1. The molecular formula is C7H8F3N3O2. The number of hydrogen-bond acceptors (Lipinski definition) is 4.